The molecule has 1 aliphatic carbocycles. The smallest absolute Gasteiger partial charge is 0.341 e. The fourth-order valence-electron chi connectivity index (χ4n) is 4.84. The first-order chi connectivity index (χ1) is 15.3. The van der Waals surface area contributed by atoms with E-state index in [0.717, 1.165) is 38.2 Å². The van der Waals surface area contributed by atoms with Gasteiger partial charge >= 0.3 is 6.18 Å². The molecule has 2 heterocycles. The molecule has 32 heavy (non-hydrogen) atoms. The predicted octanol–water partition coefficient (Wildman–Crippen LogP) is 4.58. The second kappa shape index (κ2) is 8.94. The number of alkyl halides is 3. The number of rotatable bonds is 5. The van der Waals surface area contributed by atoms with Gasteiger partial charge < -0.3 is 10.3 Å². The van der Waals surface area contributed by atoms with Crippen molar-refractivity contribution in [2.45, 2.75) is 62.7 Å². The number of nitrogens with zero attached hydrogens (tertiary/aromatic N) is 3. The summed E-state index contributed by atoms with van der Waals surface area (Å²) in [6, 6.07) is 7.51. The number of aromatic amines is 1. The molecule has 9 heteroatoms. The lowest BCUT2D eigenvalue weighted by Crippen LogP contribution is -2.51. The monoisotopic (exact) mass is 445 g/mol. The van der Waals surface area contributed by atoms with Crippen molar-refractivity contribution in [2.75, 3.05) is 13.1 Å². The Bertz CT molecular complexity index is 1000. The average Bonchev–Trinajstić information content (AvgIpc) is 3.43. The molecule has 0 spiro atoms. The maximum atomic E-state index is 13.4. The van der Waals surface area contributed by atoms with Gasteiger partial charge in [-0.25, -0.2) is 4.98 Å². The maximum absolute atomic E-state index is 13.4. The van der Waals surface area contributed by atoms with E-state index in [-0.39, 0.29) is 24.1 Å². The highest BCUT2D eigenvalue weighted by atomic mass is 19.4. The van der Waals surface area contributed by atoms with Crippen LogP contribution in [-0.4, -0.2) is 39.4 Å². The van der Waals surface area contributed by atoms with Gasteiger partial charge in [-0.2, -0.15) is 18.4 Å². The Hall–Kier alpha value is -2.86. The molecule has 2 fully saturated rings. The molecule has 2 aromatic rings. The van der Waals surface area contributed by atoms with Gasteiger partial charge in [0.2, 0.25) is 5.91 Å². The van der Waals surface area contributed by atoms with E-state index in [2.05, 4.69) is 21.4 Å². The first-order valence-electron chi connectivity index (χ1n) is 11.0. The zero-order chi connectivity index (χ0) is 22.8. The molecule has 1 saturated heterocycles. The highest BCUT2D eigenvalue weighted by Gasteiger charge is 2.37. The van der Waals surface area contributed by atoms with E-state index in [1.54, 1.807) is 6.07 Å². The highest BCUT2D eigenvalue weighted by Crippen LogP contribution is 2.37. The minimum Gasteiger partial charge on any atom is -0.341 e. The number of benzene rings is 1. The first kappa shape index (κ1) is 22.3. The molecule has 170 valence electrons. The van der Waals surface area contributed by atoms with Crippen molar-refractivity contribution < 1.29 is 18.0 Å². The fraction of sp³-hybridized carbons (Fsp3) is 0.522. The zero-order valence-corrected chi connectivity index (χ0v) is 17.7. The lowest BCUT2D eigenvalue weighted by atomic mass is 9.83. The molecule has 1 aliphatic heterocycles. The highest BCUT2D eigenvalue weighted by molar-refractivity contribution is 5.79. The second-order valence-electron chi connectivity index (χ2n) is 8.66. The number of H-pyrrole nitrogens is 1. The zero-order valence-electron chi connectivity index (χ0n) is 17.7. The molecule has 2 N–H and O–H groups in total. The number of nitrogens with one attached hydrogen (secondary N) is 2. The van der Waals surface area contributed by atoms with Gasteiger partial charge in [-0.05, 0) is 38.3 Å². The molecule has 1 atom stereocenters. The first-order valence-corrected chi connectivity index (χ1v) is 11.0. The third-order valence-corrected chi connectivity index (χ3v) is 6.44. The Morgan fingerprint density at radius 3 is 2.72 bits per heavy atom. The number of carbonyl (C=O) groups excluding carboxylic acids is 1. The Kier molecular flexibility index (Phi) is 6.24. The normalized spacial score (nSPS) is 21.2. The van der Waals surface area contributed by atoms with Crippen LogP contribution in [0.5, 0.6) is 0 Å². The molecule has 4 rings (SSSR count). The Morgan fingerprint density at radius 1 is 1.25 bits per heavy atom. The molecule has 1 aromatic carbocycles. The number of aromatic nitrogens is 2. The largest absolute Gasteiger partial charge is 0.417 e. The van der Waals surface area contributed by atoms with Crippen LogP contribution in [0.3, 0.4) is 0 Å². The molecule has 1 saturated carbocycles. The molecule has 0 bridgehead atoms. The number of hydrogen-bond donors (Lipinski definition) is 2. The van der Waals surface area contributed by atoms with Crippen molar-refractivity contribution in [1.82, 2.24) is 20.2 Å². The van der Waals surface area contributed by atoms with Crippen LogP contribution in [0.2, 0.25) is 0 Å². The minimum atomic E-state index is -4.46. The van der Waals surface area contributed by atoms with Crippen LogP contribution in [0.15, 0.2) is 30.5 Å². The van der Waals surface area contributed by atoms with Crippen LogP contribution >= 0.6 is 0 Å². The van der Waals surface area contributed by atoms with Crippen molar-refractivity contribution in [3.8, 4) is 17.3 Å². The van der Waals surface area contributed by atoms with Gasteiger partial charge in [-0.3, -0.25) is 9.69 Å². The summed E-state index contributed by atoms with van der Waals surface area (Å²) >= 11 is 0. The van der Waals surface area contributed by atoms with Crippen molar-refractivity contribution >= 4 is 5.91 Å². The van der Waals surface area contributed by atoms with Gasteiger partial charge in [0.1, 0.15) is 11.4 Å². The Labute approximate surface area is 184 Å². The van der Waals surface area contributed by atoms with Gasteiger partial charge in [-0.15, -0.1) is 0 Å². The topological polar surface area (TPSA) is 84.8 Å². The molecule has 1 amide bonds. The third-order valence-electron chi connectivity index (χ3n) is 6.44. The van der Waals surface area contributed by atoms with Crippen LogP contribution in [-0.2, 0) is 11.0 Å². The van der Waals surface area contributed by atoms with E-state index in [4.69, 9.17) is 0 Å². The number of nitriles is 1. The lowest BCUT2D eigenvalue weighted by molar-refractivity contribution is -0.137. The molecule has 0 unspecified atom stereocenters. The molecule has 1 aromatic heterocycles. The van der Waals surface area contributed by atoms with E-state index in [0.29, 0.717) is 30.9 Å². The van der Waals surface area contributed by atoms with Crippen LogP contribution < -0.4 is 5.32 Å². The summed E-state index contributed by atoms with van der Waals surface area (Å²) in [5.41, 5.74) is -1.15. The maximum Gasteiger partial charge on any atom is 0.417 e. The van der Waals surface area contributed by atoms with Gasteiger partial charge in [-0.1, -0.05) is 37.5 Å². The molecular weight excluding hydrogens is 419 g/mol. The summed E-state index contributed by atoms with van der Waals surface area (Å²) in [4.78, 5) is 22.1. The summed E-state index contributed by atoms with van der Waals surface area (Å²) < 4.78 is 40.2. The number of amides is 1. The SMILES string of the molecule is N#CC1(NC(=O)CN2CCC[C@H]2c2ncc(-c3ccccc3C(F)(F)F)[nH]2)CCCCC1. The van der Waals surface area contributed by atoms with Crippen molar-refractivity contribution in [3.05, 3.63) is 41.9 Å². The van der Waals surface area contributed by atoms with Crippen LogP contribution in [0.25, 0.3) is 11.3 Å². The summed E-state index contributed by atoms with van der Waals surface area (Å²) in [5, 5.41) is 12.5. The number of imidazole rings is 1. The Balaban J connectivity index is 1.48. The van der Waals surface area contributed by atoms with Crippen molar-refractivity contribution in [1.29, 1.82) is 5.26 Å². The third kappa shape index (κ3) is 4.65. The number of halogens is 3. The molecule has 0 radical (unpaired) electrons. The van der Waals surface area contributed by atoms with Crippen LogP contribution in [0, 0.1) is 11.3 Å². The Morgan fingerprint density at radius 2 is 2.00 bits per heavy atom. The molecule has 6 nitrogen and oxygen atoms in total. The van der Waals surface area contributed by atoms with E-state index in [9.17, 15) is 23.2 Å². The summed E-state index contributed by atoms with van der Waals surface area (Å²) in [5.74, 6) is 0.351. The number of carbonyl (C=O) groups is 1. The molecule has 2 aliphatic rings. The molecular formula is C23H26F3N5O. The summed E-state index contributed by atoms with van der Waals surface area (Å²) in [6.07, 6.45) is 2.83. The number of hydrogen-bond acceptors (Lipinski definition) is 4. The quantitative estimate of drug-likeness (QED) is 0.706. The predicted molar refractivity (Wildman–Crippen MR) is 112 cm³/mol. The average molecular weight is 445 g/mol. The standard InChI is InChI=1S/C23H26F3N5O/c24-23(25,26)17-8-3-2-7-16(17)18-13-28-21(29-18)19-9-6-12-31(19)14-20(32)30-22(15-27)10-4-1-5-11-22/h2-3,7-8,13,19H,1,4-6,9-12,14H2,(H,28,29)(H,30,32)/t19-/m0/s1. The summed E-state index contributed by atoms with van der Waals surface area (Å²) in [6.45, 7) is 0.816. The minimum absolute atomic E-state index is 0.0503. The van der Waals surface area contributed by atoms with Crippen LogP contribution in [0.1, 0.15) is 62.4 Å². The van der Waals surface area contributed by atoms with Crippen LogP contribution in [0.4, 0.5) is 13.2 Å². The van der Waals surface area contributed by atoms with E-state index in [1.165, 1.54) is 18.3 Å². The van der Waals surface area contributed by atoms with E-state index >= 15 is 0 Å². The lowest BCUT2D eigenvalue weighted by Gasteiger charge is -2.32. The summed E-state index contributed by atoms with van der Waals surface area (Å²) in [7, 11) is 0. The van der Waals surface area contributed by atoms with Crippen molar-refractivity contribution in [3.63, 3.8) is 0 Å². The fourth-order valence-corrected chi connectivity index (χ4v) is 4.84. The van der Waals surface area contributed by atoms with Gasteiger partial charge in [0.25, 0.3) is 0 Å². The van der Waals surface area contributed by atoms with E-state index in [1.807, 2.05) is 4.90 Å². The van der Waals surface area contributed by atoms with Gasteiger partial charge in [0.15, 0.2) is 0 Å². The van der Waals surface area contributed by atoms with Gasteiger partial charge in [0.05, 0.1) is 36.1 Å². The number of likely N-dealkylation sites (tertiary alicyclic amines) is 1. The second-order valence-corrected chi connectivity index (χ2v) is 8.66. The van der Waals surface area contributed by atoms with E-state index < -0.39 is 17.3 Å². The van der Waals surface area contributed by atoms with Gasteiger partial charge in [0, 0.05) is 5.56 Å². The van der Waals surface area contributed by atoms with Crippen molar-refractivity contribution in [2.24, 2.45) is 0 Å².